The average molecular weight is 362 g/mol. The lowest BCUT2D eigenvalue weighted by atomic mass is 9.92. The van der Waals surface area contributed by atoms with Crippen molar-refractivity contribution in [3.05, 3.63) is 40.7 Å². The fraction of sp³-hybridized carbons (Fsp3) is 0.438. The van der Waals surface area contributed by atoms with Gasteiger partial charge in [-0.05, 0) is 26.7 Å². The van der Waals surface area contributed by atoms with Gasteiger partial charge >= 0.3 is 0 Å². The Morgan fingerprint density at radius 2 is 2.27 bits per heavy atom. The Bertz CT molecular complexity index is 916. The van der Waals surface area contributed by atoms with Gasteiger partial charge in [0.15, 0.2) is 11.9 Å². The van der Waals surface area contributed by atoms with Crippen molar-refractivity contribution in [3.8, 4) is 11.9 Å². The van der Waals surface area contributed by atoms with Crippen molar-refractivity contribution in [1.82, 2.24) is 20.1 Å². The molecule has 1 aliphatic carbocycles. The van der Waals surface area contributed by atoms with Crippen molar-refractivity contribution in [2.45, 2.75) is 44.6 Å². The van der Waals surface area contributed by atoms with Crippen molar-refractivity contribution in [2.24, 2.45) is 0 Å². The quantitative estimate of drug-likeness (QED) is 0.655. The van der Waals surface area contributed by atoms with Gasteiger partial charge < -0.3 is 10.5 Å². The molecule has 1 amide bonds. The Kier molecular flexibility index (Phi) is 4.10. The number of nitriles is 1. The van der Waals surface area contributed by atoms with Gasteiger partial charge in [-0.25, -0.2) is 9.67 Å². The summed E-state index contributed by atoms with van der Waals surface area (Å²) in [5.41, 5.74) is -1.71. The molecule has 0 aromatic carbocycles. The van der Waals surface area contributed by atoms with Crippen molar-refractivity contribution >= 4 is 5.91 Å². The van der Waals surface area contributed by atoms with E-state index >= 15 is 0 Å². The molecule has 2 aromatic rings. The number of hydrogen-bond acceptors (Lipinski definition) is 5. The van der Waals surface area contributed by atoms with Gasteiger partial charge in [0.05, 0.1) is 12.3 Å². The molecule has 0 saturated heterocycles. The van der Waals surface area contributed by atoms with E-state index in [-0.39, 0.29) is 36.3 Å². The van der Waals surface area contributed by atoms with Gasteiger partial charge in [0.25, 0.3) is 11.8 Å². The molecule has 1 N–H and O–H groups in total. The van der Waals surface area contributed by atoms with E-state index in [1.54, 1.807) is 0 Å². The van der Waals surface area contributed by atoms with Gasteiger partial charge in [-0.3, -0.25) is 4.79 Å². The lowest BCUT2D eigenvalue weighted by Gasteiger charge is -2.23. The monoisotopic (exact) mass is 362 g/mol. The van der Waals surface area contributed by atoms with Crippen LogP contribution in [0.1, 0.15) is 48.4 Å². The smallest absolute Gasteiger partial charge is 0.290 e. The van der Waals surface area contributed by atoms with Gasteiger partial charge in [-0.15, -0.1) is 0 Å². The molecule has 10 heteroatoms. The summed E-state index contributed by atoms with van der Waals surface area (Å²) < 4.78 is 30.4. The van der Waals surface area contributed by atoms with E-state index in [1.807, 2.05) is 6.07 Å². The number of rotatable bonds is 3. The molecule has 0 radical (unpaired) electrons. The summed E-state index contributed by atoms with van der Waals surface area (Å²) in [6.07, 6.45) is 3.32. The van der Waals surface area contributed by atoms with Crippen LogP contribution in [0.25, 0.3) is 5.82 Å². The second-order valence-electron chi connectivity index (χ2n) is 6.61. The van der Waals surface area contributed by atoms with Gasteiger partial charge in [-0.1, -0.05) is 0 Å². The van der Waals surface area contributed by atoms with Crippen LogP contribution in [0, 0.1) is 16.5 Å². The summed E-state index contributed by atoms with van der Waals surface area (Å²) in [6.45, 7) is 2.98. The summed E-state index contributed by atoms with van der Waals surface area (Å²) >= 11 is 0. The number of alkyl halides is 2. The third kappa shape index (κ3) is 3.08. The summed E-state index contributed by atoms with van der Waals surface area (Å²) in [7, 11) is 0. The second kappa shape index (κ2) is 6.01. The van der Waals surface area contributed by atoms with E-state index in [9.17, 15) is 18.8 Å². The molecule has 1 aliphatic rings. The van der Waals surface area contributed by atoms with E-state index < -0.39 is 23.1 Å². The highest BCUT2D eigenvalue weighted by molar-refractivity contribution is 5.95. The van der Waals surface area contributed by atoms with Crippen LogP contribution in [-0.4, -0.2) is 26.2 Å². The molecule has 0 atom stereocenters. The van der Waals surface area contributed by atoms with Crippen LogP contribution >= 0.6 is 0 Å². The third-order valence-corrected chi connectivity index (χ3v) is 4.05. The van der Waals surface area contributed by atoms with Crippen LogP contribution in [0.5, 0.6) is 0 Å². The van der Waals surface area contributed by atoms with Crippen LogP contribution in [0.15, 0.2) is 18.6 Å². The molecular formula is C16H16F2N6O2. The van der Waals surface area contributed by atoms with Crippen molar-refractivity contribution < 1.29 is 18.3 Å². The normalized spacial score (nSPS) is 15.8. The van der Waals surface area contributed by atoms with E-state index in [4.69, 9.17) is 5.26 Å². The Morgan fingerprint density at radius 3 is 2.92 bits per heavy atom. The first-order chi connectivity index (χ1) is 12.1. The number of fused-ring (bicyclic) bond motifs is 1. The molecule has 8 nitrogen and oxygen atoms in total. The standard InChI is InChI=1S/C16H16F2N6O2/c1-15(2,9-19)21-14(25)12-10-4-3-5-16(17,18)13(10)24(22-12)11-8-23(26)7-6-20-11/h6-8H,3-5H2,1-2H3,(H,21,25). The molecule has 0 bridgehead atoms. The Labute approximate surface area is 147 Å². The van der Waals surface area contributed by atoms with Gasteiger partial charge in [0, 0.05) is 12.0 Å². The fourth-order valence-electron chi connectivity index (χ4n) is 2.86. The van der Waals surface area contributed by atoms with Crippen LogP contribution in [0.4, 0.5) is 8.78 Å². The average Bonchev–Trinajstić information content (AvgIpc) is 2.96. The van der Waals surface area contributed by atoms with Gasteiger partial charge in [0.2, 0.25) is 12.0 Å². The number of nitrogens with one attached hydrogen (secondary N) is 1. The molecule has 2 heterocycles. The predicted molar refractivity (Wildman–Crippen MR) is 84.3 cm³/mol. The number of halogens is 2. The Hall–Kier alpha value is -3.09. The maximum atomic E-state index is 14.6. The minimum atomic E-state index is -3.21. The molecule has 0 aliphatic heterocycles. The summed E-state index contributed by atoms with van der Waals surface area (Å²) in [5.74, 6) is -4.05. The molecule has 26 heavy (non-hydrogen) atoms. The maximum Gasteiger partial charge on any atom is 0.290 e. The Balaban J connectivity index is 2.16. The van der Waals surface area contributed by atoms with Crippen LogP contribution in [-0.2, 0) is 12.3 Å². The molecule has 0 spiro atoms. The van der Waals surface area contributed by atoms with E-state index in [1.165, 1.54) is 13.8 Å². The minimum absolute atomic E-state index is 0.107. The zero-order valence-electron chi connectivity index (χ0n) is 14.2. The predicted octanol–water partition coefficient (Wildman–Crippen LogP) is 1.36. The number of carbonyl (C=O) groups excluding carboxylic acids is 1. The molecule has 0 saturated carbocycles. The number of amides is 1. The molecule has 2 aromatic heterocycles. The molecule has 136 valence electrons. The number of carbonyl (C=O) groups is 1. The zero-order valence-corrected chi connectivity index (χ0v) is 14.2. The lowest BCUT2D eigenvalue weighted by molar-refractivity contribution is -0.605. The van der Waals surface area contributed by atoms with Gasteiger partial charge in [0.1, 0.15) is 11.2 Å². The molecular weight excluding hydrogens is 346 g/mol. The first-order valence-electron chi connectivity index (χ1n) is 7.94. The largest absolute Gasteiger partial charge is 0.619 e. The van der Waals surface area contributed by atoms with Crippen molar-refractivity contribution in [1.29, 1.82) is 5.26 Å². The lowest BCUT2D eigenvalue weighted by Crippen LogP contribution is -2.42. The van der Waals surface area contributed by atoms with E-state index in [2.05, 4.69) is 15.4 Å². The highest BCUT2D eigenvalue weighted by Gasteiger charge is 2.44. The van der Waals surface area contributed by atoms with E-state index in [0.717, 1.165) is 23.3 Å². The van der Waals surface area contributed by atoms with Gasteiger partial charge in [-0.2, -0.15) is 23.9 Å². The van der Waals surface area contributed by atoms with Crippen LogP contribution in [0.2, 0.25) is 0 Å². The SMILES string of the molecule is CC(C)(C#N)NC(=O)c1nn(-c2c[n+]([O-])ccn2)c2c1CCCC2(F)F. The highest BCUT2D eigenvalue weighted by Crippen LogP contribution is 2.42. The maximum absolute atomic E-state index is 14.6. The molecule has 0 unspecified atom stereocenters. The highest BCUT2D eigenvalue weighted by atomic mass is 19.3. The van der Waals surface area contributed by atoms with E-state index in [0.29, 0.717) is 4.73 Å². The Morgan fingerprint density at radius 1 is 1.54 bits per heavy atom. The number of nitrogens with zero attached hydrogens (tertiary/aromatic N) is 5. The van der Waals surface area contributed by atoms with Crippen molar-refractivity contribution in [2.75, 3.05) is 0 Å². The fourth-order valence-corrected chi connectivity index (χ4v) is 2.86. The topological polar surface area (TPSA) is 111 Å². The second-order valence-corrected chi connectivity index (χ2v) is 6.61. The molecule has 3 rings (SSSR count). The zero-order chi connectivity index (χ0) is 19.1. The third-order valence-electron chi connectivity index (χ3n) is 4.05. The molecule has 0 fully saturated rings. The summed E-state index contributed by atoms with van der Waals surface area (Å²) in [5, 5.41) is 27.0. The summed E-state index contributed by atoms with van der Waals surface area (Å²) in [4.78, 5) is 16.5. The van der Waals surface area contributed by atoms with Crippen molar-refractivity contribution in [3.63, 3.8) is 0 Å². The summed E-state index contributed by atoms with van der Waals surface area (Å²) in [6, 6.07) is 1.91. The van der Waals surface area contributed by atoms with Crippen LogP contribution in [0.3, 0.4) is 0 Å². The number of hydrogen-bond donors (Lipinski definition) is 1. The first-order valence-corrected chi connectivity index (χ1v) is 7.94. The first kappa shape index (κ1) is 17.7. The number of aromatic nitrogens is 4. The van der Waals surface area contributed by atoms with Crippen LogP contribution < -0.4 is 10.0 Å². The minimum Gasteiger partial charge on any atom is -0.619 e.